The van der Waals surface area contributed by atoms with E-state index in [2.05, 4.69) is 28.9 Å². The van der Waals surface area contributed by atoms with E-state index in [1.807, 2.05) is 38.1 Å². The van der Waals surface area contributed by atoms with E-state index in [0.29, 0.717) is 5.69 Å². The Bertz CT molecular complexity index is 837. The average molecular weight is 406 g/mol. The summed E-state index contributed by atoms with van der Waals surface area (Å²) in [6.45, 7) is 7.20. The second kappa shape index (κ2) is 9.78. The van der Waals surface area contributed by atoms with Crippen LogP contribution in [-0.2, 0) is 14.9 Å². The Hall–Kier alpha value is -2.54. The second-order valence-electron chi connectivity index (χ2n) is 6.95. The Morgan fingerprint density at radius 1 is 1.17 bits per heavy atom. The zero-order valence-electron chi connectivity index (χ0n) is 17.5. The zero-order valence-corrected chi connectivity index (χ0v) is 17.5. The first-order valence-corrected chi connectivity index (χ1v) is 9.74. The topological polar surface area (TPSA) is 60.5 Å². The molecule has 0 atom stereocenters. The van der Waals surface area contributed by atoms with Crippen molar-refractivity contribution >= 4 is 11.6 Å². The molecule has 3 rings (SSSR count). The van der Waals surface area contributed by atoms with E-state index < -0.39 is 12.0 Å². The number of carbonyl (C=O) groups excluding carboxylic acids is 1. The monoisotopic (exact) mass is 406 g/mol. The van der Waals surface area contributed by atoms with Crippen molar-refractivity contribution in [2.75, 3.05) is 18.5 Å². The Morgan fingerprint density at radius 2 is 1.83 bits per heavy atom. The molecule has 0 aliphatic carbocycles. The number of nitrogens with zero attached hydrogens (tertiary/aromatic N) is 1. The number of ether oxygens (including phenoxy) is 2. The number of aryl methyl sites for hydroxylation is 1. The number of rotatable bonds is 6. The molecule has 1 N–H and O–H groups in total. The van der Waals surface area contributed by atoms with Gasteiger partial charge in [0.25, 0.3) is 0 Å². The number of nitrogens with one attached hydrogen (secondary N) is 1. The Labute approximate surface area is 170 Å². The number of alkyl halides is 2. The van der Waals surface area contributed by atoms with Crippen LogP contribution in [0, 0.1) is 6.92 Å². The number of pyridine rings is 1. The number of halogens is 2. The fourth-order valence-electron chi connectivity index (χ4n) is 3.20. The number of hydrogen-bond acceptors (Lipinski definition) is 4. The van der Waals surface area contributed by atoms with Gasteiger partial charge in [-0.15, -0.1) is 0 Å². The van der Waals surface area contributed by atoms with Gasteiger partial charge < -0.3 is 14.8 Å². The lowest BCUT2D eigenvalue weighted by molar-refractivity contribution is -0.139. The van der Waals surface area contributed by atoms with E-state index in [-0.39, 0.29) is 36.6 Å². The lowest BCUT2D eigenvalue weighted by atomic mass is 9.73. The van der Waals surface area contributed by atoms with Gasteiger partial charge >= 0.3 is 6.61 Å². The molecule has 0 spiro atoms. The van der Waals surface area contributed by atoms with Gasteiger partial charge in [0.05, 0.1) is 13.2 Å². The molecule has 0 saturated carbocycles. The molecule has 1 aliphatic rings. The van der Waals surface area contributed by atoms with Crippen LogP contribution < -0.4 is 10.1 Å². The third kappa shape index (κ3) is 4.90. The van der Waals surface area contributed by atoms with Crippen molar-refractivity contribution in [3.8, 4) is 5.88 Å². The van der Waals surface area contributed by atoms with Crippen LogP contribution in [0.3, 0.4) is 0 Å². The first kappa shape index (κ1) is 22.7. The molecule has 2 aromatic rings. The van der Waals surface area contributed by atoms with E-state index in [4.69, 9.17) is 4.74 Å². The molecular formula is C22H28F2N2O3. The molecule has 0 unspecified atom stereocenters. The molecule has 2 heterocycles. The standard InChI is InChI=1S/C20H22F2N2O3.C2H6/c1-12(2)14-6-4-5-7-15(14)20(10-26-11-20)18(25)24-16-9-8-13(3)23-17(16)27-19(21)22;1-2/h4-9,12,19H,10-11H2,1-3H3,(H,24,25);1-2H3. The smallest absolute Gasteiger partial charge is 0.388 e. The van der Waals surface area contributed by atoms with Crippen LogP contribution in [0.5, 0.6) is 5.88 Å². The fourth-order valence-corrected chi connectivity index (χ4v) is 3.20. The normalized spacial score (nSPS) is 14.7. The van der Waals surface area contributed by atoms with Crippen molar-refractivity contribution < 1.29 is 23.0 Å². The van der Waals surface area contributed by atoms with Gasteiger partial charge in [-0.1, -0.05) is 52.0 Å². The van der Waals surface area contributed by atoms with Crippen LogP contribution in [0.4, 0.5) is 14.5 Å². The van der Waals surface area contributed by atoms with Crippen molar-refractivity contribution in [2.45, 2.75) is 52.6 Å². The summed E-state index contributed by atoms with van der Waals surface area (Å²) >= 11 is 0. The van der Waals surface area contributed by atoms with Gasteiger partial charge in [0.1, 0.15) is 11.1 Å². The quantitative estimate of drug-likeness (QED) is 0.729. The zero-order chi connectivity index (χ0) is 21.6. The molecule has 7 heteroatoms. The summed E-state index contributed by atoms with van der Waals surface area (Å²) in [5, 5.41) is 2.71. The molecule has 0 radical (unpaired) electrons. The number of amides is 1. The van der Waals surface area contributed by atoms with Gasteiger partial charge in [0.15, 0.2) is 0 Å². The van der Waals surface area contributed by atoms with E-state index in [1.165, 1.54) is 6.07 Å². The first-order valence-electron chi connectivity index (χ1n) is 9.74. The minimum absolute atomic E-state index is 0.110. The number of carbonyl (C=O) groups is 1. The third-order valence-electron chi connectivity index (χ3n) is 4.68. The largest absolute Gasteiger partial charge is 0.415 e. The summed E-state index contributed by atoms with van der Waals surface area (Å²) in [7, 11) is 0. The van der Waals surface area contributed by atoms with E-state index in [9.17, 15) is 13.6 Å². The van der Waals surface area contributed by atoms with Gasteiger partial charge in [-0.25, -0.2) is 4.98 Å². The first-order chi connectivity index (χ1) is 13.8. The molecule has 1 aliphatic heterocycles. The Balaban J connectivity index is 0.00000145. The maximum atomic E-state index is 13.2. The molecule has 1 saturated heterocycles. The van der Waals surface area contributed by atoms with Crippen molar-refractivity contribution in [3.05, 3.63) is 53.2 Å². The van der Waals surface area contributed by atoms with Crippen molar-refractivity contribution in [3.63, 3.8) is 0 Å². The predicted molar refractivity (Wildman–Crippen MR) is 109 cm³/mol. The van der Waals surface area contributed by atoms with Gasteiger partial charge in [-0.05, 0) is 36.1 Å². The van der Waals surface area contributed by atoms with Gasteiger partial charge in [0, 0.05) is 5.69 Å². The van der Waals surface area contributed by atoms with E-state index >= 15 is 0 Å². The fraction of sp³-hybridized carbons (Fsp3) is 0.455. The molecule has 5 nitrogen and oxygen atoms in total. The SMILES string of the molecule is CC.Cc1ccc(NC(=O)C2(c3ccccc3C(C)C)COC2)c(OC(F)F)n1. The summed E-state index contributed by atoms with van der Waals surface area (Å²) in [5.74, 6) is -0.400. The summed E-state index contributed by atoms with van der Waals surface area (Å²) in [6.07, 6.45) is 0. The minimum Gasteiger partial charge on any atom is -0.415 e. The molecule has 1 fully saturated rings. The highest BCUT2D eigenvalue weighted by Gasteiger charge is 2.49. The maximum absolute atomic E-state index is 13.2. The van der Waals surface area contributed by atoms with Crippen LogP contribution in [0.25, 0.3) is 0 Å². The van der Waals surface area contributed by atoms with Gasteiger partial charge in [0.2, 0.25) is 11.8 Å². The Morgan fingerprint density at radius 3 is 2.38 bits per heavy atom. The molecule has 29 heavy (non-hydrogen) atoms. The maximum Gasteiger partial charge on any atom is 0.388 e. The molecule has 158 valence electrons. The minimum atomic E-state index is -3.03. The molecule has 1 aromatic heterocycles. The van der Waals surface area contributed by atoms with Crippen LogP contribution in [0.15, 0.2) is 36.4 Å². The predicted octanol–water partition coefficient (Wildman–Crippen LogP) is 5.05. The molecule has 1 aromatic carbocycles. The Kier molecular flexibility index (Phi) is 7.67. The van der Waals surface area contributed by atoms with E-state index in [0.717, 1.165) is 11.1 Å². The number of anilines is 1. The van der Waals surface area contributed by atoms with Gasteiger partial charge in [-0.3, -0.25) is 4.79 Å². The van der Waals surface area contributed by atoms with Crippen molar-refractivity contribution in [1.29, 1.82) is 0 Å². The van der Waals surface area contributed by atoms with Crippen molar-refractivity contribution in [2.24, 2.45) is 0 Å². The van der Waals surface area contributed by atoms with E-state index in [1.54, 1.807) is 13.0 Å². The summed E-state index contributed by atoms with van der Waals surface area (Å²) in [6, 6.07) is 10.9. The lowest BCUT2D eigenvalue weighted by Gasteiger charge is -2.41. The van der Waals surface area contributed by atoms with Crippen LogP contribution in [0.1, 0.15) is 50.4 Å². The number of hydrogen-bond donors (Lipinski definition) is 1. The number of benzene rings is 1. The van der Waals surface area contributed by atoms with Crippen LogP contribution in [0.2, 0.25) is 0 Å². The summed E-state index contributed by atoms with van der Waals surface area (Å²) < 4.78 is 35.2. The molecule has 0 bridgehead atoms. The van der Waals surface area contributed by atoms with Gasteiger partial charge in [-0.2, -0.15) is 8.78 Å². The highest BCUT2D eigenvalue weighted by atomic mass is 19.3. The summed E-state index contributed by atoms with van der Waals surface area (Å²) in [5.41, 5.74) is 1.70. The molecular weight excluding hydrogens is 378 g/mol. The third-order valence-corrected chi connectivity index (χ3v) is 4.68. The molecule has 1 amide bonds. The second-order valence-corrected chi connectivity index (χ2v) is 6.95. The van der Waals surface area contributed by atoms with Crippen LogP contribution >= 0.6 is 0 Å². The summed E-state index contributed by atoms with van der Waals surface area (Å²) in [4.78, 5) is 17.1. The highest BCUT2D eigenvalue weighted by molar-refractivity contribution is 6.01. The van der Waals surface area contributed by atoms with Crippen LogP contribution in [-0.4, -0.2) is 30.7 Å². The van der Waals surface area contributed by atoms with Crippen molar-refractivity contribution in [1.82, 2.24) is 4.98 Å². The highest BCUT2D eigenvalue weighted by Crippen LogP contribution is 2.39. The average Bonchev–Trinajstić information content (AvgIpc) is 2.64. The lowest BCUT2D eigenvalue weighted by Crippen LogP contribution is -2.56. The number of aromatic nitrogens is 1.